The molecule has 7 heteroatoms. The molecule has 0 radical (unpaired) electrons. The van der Waals surface area contributed by atoms with E-state index < -0.39 is 10.0 Å². The van der Waals surface area contributed by atoms with Gasteiger partial charge in [-0.25, -0.2) is 12.4 Å². The molecule has 3 aromatic rings. The number of fused-ring (bicyclic) bond motifs is 1. The normalized spacial score (nSPS) is 13.3. The summed E-state index contributed by atoms with van der Waals surface area (Å²) in [5.74, 6) is 0.701. The highest BCUT2D eigenvalue weighted by Crippen LogP contribution is 2.36. The maximum atomic E-state index is 13.3. The lowest BCUT2D eigenvalue weighted by Crippen LogP contribution is -2.20. The zero-order valence-corrected chi connectivity index (χ0v) is 17.8. The van der Waals surface area contributed by atoms with Gasteiger partial charge in [-0.2, -0.15) is 0 Å². The third kappa shape index (κ3) is 3.85. The molecule has 27 heavy (non-hydrogen) atoms. The van der Waals surface area contributed by atoms with Crippen LogP contribution in [0.2, 0.25) is 0 Å². The molecular weight excluding hydrogens is 380 g/mol. The predicted molar refractivity (Wildman–Crippen MR) is 111 cm³/mol. The Hall–Kier alpha value is -1.96. The number of hydrogen-bond acceptors (Lipinski definition) is 5. The van der Waals surface area contributed by atoms with Crippen LogP contribution in [0.4, 0.5) is 0 Å². The largest absolute Gasteiger partial charge is 0.497 e. The molecule has 0 N–H and O–H groups in total. The van der Waals surface area contributed by atoms with Crippen LogP contribution in [0.25, 0.3) is 10.9 Å². The Labute approximate surface area is 165 Å². The summed E-state index contributed by atoms with van der Waals surface area (Å²) in [7, 11) is 1.92. The van der Waals surface area contributed by atoms with Crippen molar-refractivity contribution in [2.45, 2.75) is 29.0 Å². The minimum atomic E-state index is -3.69. The highest BCUT2D eigenvalue weighted by Gasteiger charge is 2.23. The minimum absolute atomic E-state index is 0.192. The summed E-state index contributed by atoms with van der Waals surface area (Å²) < 4.78 is 33.2. The number of aromatic nitrogens is 1. The predicted octanol–water partition coefficient (Wildman–Crippen LogP) is 4.20. The maximum Gasteiger partial charge on any atom is 0.268 e. The lowest BCUT2D eigenvalue weighted by molar-refractivity contribution is 0.402. The molecule has 0 spiro atoms. The monoisotopic (exact) mass is 404 g/mol. The molecular formula is C20H24N2O3S2. The quantitative estimate of drug-likeness (QED) is 0.455. The summed E-state index contributed by atoms with van der Waals surface area (Å²) in [6.45, 7) is 4.02. The van der Waals surface area contributed by atoms with Crippen LogP contribution in [0.5, 0.6) is 5.75 Å². The molecule has 1 aromatic heterocycles. The molecule has 144 valence electrons. The van der Waals surface area contributed by atoms with Crippen LogP contribution in [-0.2, 0) is 10.0 Å². The molecule has 0 saturated carbocycles. The number of rotatable bonds is 6. The number of methoxy groups -OCH3 is 1. The zero-order chi connectivity index (χ0) is 19.8. The van der Waals surface area contributed by atoms with Gasteiger partial charge in [0.25, 0.3) is 10.0 Å². The van der Waals surface area contributed by atoms with Crippen molar-refractivity contribution >= 4 is 32.7 Å². The van der Waals surface area contributed by atoms with Gasteiger partial charge in [-0.15, -0.1) is 11.8 Å². The van der Waals surface area contributed by atoms with Crippen molar-refractivity contribution in [3.8, 4) is 5.75 Å². The highest BCUT2D eigenvalue weighted by molar-refractivity contribution is 8.00. The fraction of sp³-hybridized carbons (Fsp3) is 0.300. The first-order valence-corrected chi connectivity index (χ1v) is 10.9. The van der Waals surface area contributed by atoms with Crippen molar-refractivity contribution in [3.63, 3.8) is 0 Å². The molecule has 0 aliphatic carbocycles. The molecule has 2 aromatic carbocycles. The Morgan fingerprint density at radius 3 is 2.37 bits per heavy atom. The van der Waals surface area contributed by atoms with Gasteiger partial charge in [0.15, 0.2) is 0 Å². The first-order chi connectivity index (χ1) is 12.7. The van der Waals surface area contributed by atoms with Crippen molar-refractivity contribution in [2.75, 3.05) is 21.2 Å². The Morgan fingerprint density at radius 2 is 1.78 bits per heavy atom. The van der Waals surface area contributed by atoms with E-state index in [4.69, 9.17) is 4.74 Å². The molecule has 1 heterocycles. The van der Waals surface area contributed by atoms with E-state index in [1.165, 1.54) is 3.97 Å². The van der Waals surface area contributed by atoms with E-state index in [1.807, 2.05) is 39.2 Å². The minimum Gasteiger partial charge on any atom is -0.497 e. The average molecular weight is 405 g/mol. The maximum absolute atomic E-state index is 13.3. The van der Waals surface area contributed by atoms with Crippen LogP contribution >= 0.6 is 11.8 Å². The van der Waals surface area contributed by atoms with Crippen molar-refractivity contribution in [1.82, 2.24) is 8.87 Å². The molecule has 1 unspecified atom stereocenters. The number of aryl methyl sites for hydroxylation is 1. The first-order valence-electron chi connectivity index (χ1n) is 8.58. The van der Waals surface area contributed by atoms with Gasteiger partial charge in [-0.1, -0.05) is 17.7 Å². The fourth-order valence-corrected chi connectivity index (χ4v) is 5.15. The van der Waals surface area contributed by atoms with E-state index in [0.29, 0.717) is 11.3 Å². The van der Waals surface area contributed by atoms with Gasteiger partial charge < -0.3 is 4.74 Å². The van der Waals surface area contributed by atoms with Crippen molar-refractivity contribution < 1.29 is 13.2 Å². The van der Waals surface area contributed by atoms with Gasteiger partial charge >= 0.3 is 0 Å². The smallest absolute Gasteiger partial charge is 0.268 e. The van der Waals surface area contributed by atoms with Crippen molar-refractivity contribution in [3.05, 3.63) is 54.2 Å². The number of nitrogens with zero attached hydrogens (tertiary/aromatic N) is 2. The van der Waals surface area contributed by atoms with Gasteiger partial charge in [0.2, 0.25) is 0 Å². The molecule has 0 aliphatic heterocycles. The lowest BCUT2D eigenvalue weighted by Gasteiger charge is -2.18. The zero-order valence-electron chi connectivity index (χ0n) is 16.1. The molecule has 0 fully saturated rings. The third-order valence-electron chi connectivity index (χ3n) is 4.54. The Morgan fingerprint density at radius 1 is 1.11 bits per heavy atom. The topological polar surface area (TPSA) is 51.5 Å². The Kier molecular flexibility index (Phi) is 5.55. The molecule has 0 bridgehead atoms. The summed E-state index contributed by atoms with van der Waals surface area (Å²) in [5.41, 5.74) is 1.66. The van der Waals surface area contributed by atoms with Crippen LogP contribution in [0.15, 0.2) is 58.5 Å². The highest BCUT2D eigenvalue weighted by atomic mass is 32.2. The van der Waals surface area contributed by atoms with Crippen LogP contribution in [0.1, 0.15) is 12.5 Å². The van der Waals surface area contributed by atoms with Gasteiger partial charge in [0.1, 0.15) is 5.75 Å². The van der Waals surface area contributed by atoms with E-state index in [0.717, 1.165) is 15.8 Å². The van der Waals surface area contributed by atoms with Gasteiger partial charge in [0, 0.05) is 16.5 Å². The third-order valence-corrected chi connectivity index (χ3v) is 7.57. The number of benzene rings is 2. The van der Waals surface area contributed by atoms with E-state index in [1.54, 1.807) is 49.3 Å². The Bertz CT molecular complexity index is 1050. The summed E-state index contributed by atoms with van der Waals surface area (Å²) in [5, 5.41) is 1.06. The number of thioether (sulfide) groups is 1. The van der Waals surface area contributed by atoms with Crippen LogP contribution in [-0.4, -0.2) is 43.9 Å². The van der Waals surface area contributed by atoms with Crippen LogP contribution in [0.3, 0.4) is 0 Å². The summed E-state index contributed by atoms with van der Waals surface area (Å²) in [4.78, 5) is 3.27. The SMILES string of the molecule is COc1ccc2c(c1)c(SC(C)N(C)C)cn2S(=O)(=O)c1ccc(C)cc1. The lowest BCUT2D eigenvalue weighted by atomic mass is 10.2. The number of ether oxygens (including phenoxy) is 1. The van der Waals surface area contributed by atoms with Crippen LogP contribution in [0, 0.1) is 6.92 Å². The second-order valence-corrected chi connectivity index (χ2v) is 9.84. The van der Waals surface area contributed by atoms with E-state index >= 15 is 0 Å². The molecule has 0 amide bonds. The average Bonchev–Trinajstić information content (AvgIpc) is 3.00. The fourth-order valence-electron chi connectivity index (χ4n) is 2.68. The molecule has 5 nitrogen and oxygen atoms in total. The van der Waals surface area contributed by atoms with Gasteiger partial charge in [0.05, 0.1) is 22.9 Å². The standard InChI is InChI=1S/C20H24N2O3S2/c1-14-6-9-17(10-7-14)27(23,24)22-13-20(26-15(2)21(3)4)18-12-16(25-5)8-11-19(18)22/h6-13,15H,1-5H3. The summed E-state index contributed by atoms with van der Waals surface area (Å²) in [6, 6.07) is 12.4. The van der Waals surface area contributed by atoms with Gasteiger partial charge in [-0.05, 0) is 58.3 Å². The second-order valence-electron chi connectivity index (χ2n) is 6.67. The van der Waals surface area contributed by atoms with E-state index in [2.05, 4.69) is 11.8 Å². The van der Waals surface area contributed by atoms with Crippen LogP contribution < -0.4 is 4.74 Å². The molecule has 0 aliphatic rings. The first kappa shape index (κ1) is 19.8. The molecule has 3 rings (SSSR count). The Balaban J connectivity index is 2.19. The molecule has 0 saturated heterocycles. The van der Waals surface area contributed by atoms with Crippen molar-refractivity contribution in [2.24, 2.45) is 0 Å². The van der Waals surface area contributed by atoms with E-state index in [-0.39, 0.29) is 10.3 Å². The summed E-state index contributed by atoms with van der Waals surface area (Å²) in [6.07, 6.45) is 1.71. The van der Waals surface area contributed by atoms with E-state index in [9.17, 15) is 8.42 Å². The van der Waals surface area contributed by atoms with Gasteiger partial charge in [-0.3, -0.25) is 4.90 Å². The molecule has 1 atom stereocenters. The second kappa shape index (κ2) is 7.58. The summed E-state index contributed by atoms with van der Waals surface area (Å²) >= 11 is 1.62. The van der Waals surface area contributed by atoms with Crippen molar-refractivity contribution in [1.29, 1.82) is 0 Å². The number of hydrogen-bond donors (Lipinski definition) is 0.